The van der Waals surface area contributed by atoms with E-state index in [0.717, 1.165) is 16.8 Å². The van der Waals surface area contributed by atoms with Crippen molar-refractivity contribution in [3.8, 4) is 5.82 Å². The largest absolute Gasteiger partial charge is 0.435 e. The van der Waals surface area contributed by atoms with E-state index in [9.17, 15) is 22.4 Å². The summed E-state index contributed by atoms with van der Waals surface area (Å²) >= 11 is 0. The van der Waals surface area contributed by atoms with E-state index in [1.165, 1.54) is 30.4 Å². The molecule has 0 saturated heterocycles. The molecule has 0 spiro atoms. The number of alkyl halides is 3. The summed E-state index contributed by atoms with van der Waals surface area (Å²) in [4.78, 5) is 20.6. The summed E-state index contributed by atoms with van der Waals surface area (Å²) in [7, 11) is 0. The van der Waals surface area contributed by atoms with Crippen LogP contribution in [0, 0.1) is 12.7 Å². The quantitative estimate of drug-likeness (QED) is 0.423. The van der Waals surface area contributed by atoms with E-state index in [2.05, 4.69) is 30.6 Å². The number of nitrogens with zero attached hydrogens (tertiary/aromatic N) is 7. The van der Waals surface area contributed by atoms with Gasteiger partial charge in [-0.05, 0) is 26.8 Å². The van der Waals surface area contributed by atoms with Gasteiger partial charge in [-0.1, -0.05) is 0 Å². The molecule has 10 nitrogen and oxygen atoms in total. The second kappa shape index (κ2) is 8.35. The number of imidazole rings is 1. The molecular formula is C20H18F4N8O2. The number of anilines is 1. The van der Waals surface area contributed by atoms with Crippen molar-refractivity contribution in [2.24, 2.45) is 0 Å². The maximum Gasteiger partial charge on any atom is 0.435 e. The summed E-state index contributed by atoms with van der Waals surface area (Å²) in [5.74, 6) is -1.19. The fourth-order valence-electron chi connectivity index (χ4n) is 3.15. The van der Waals surface area contributed by atoms with Gasteiger partial charge in [-0.15, -0.1) is 10.2 Å². The molecule has 0 aromatic carbocycles. The highest BCUT2D eigenvalue weighted by Crippen LogP contribution is 2.30. The zero-order valence-electron chi connectivity index (χ0n) is 18.1. The van der Waals surface area contributed by atoms with Crippen molar-refractivity contribution in [1.29, 1.82) is 0 Å². The third-order valence-electron chi connectivity index (χ3n) is 5.03. The zero-order valence-corrected chi connectivity index (χ0v) is 18.1. The zero-order chi connectivity index (χ0) is 24.7. The van der Waals surface area contributed by atoms with E-state index < -0.39 is 35.6 Å². The van der Waals surface area contributed by atoms with Crippen molar-refractivity contribution < 1.29 is 26.8 Å². The van der Waals surface area contributed by atoms with Crippen molar-refractivity contribution >= 4 is 11.6 Å². The highest BCUT2D eigenvalue weighted by Gasteiger charge is 2.34. The Kier molecular flexibility index (Phi) is 5.67. The molecule has 4 heterocycles. The first-order chi connectivity index (χ1) is 15.9. The number of hydrogen-bond donors (Lipinski definition) is 1. The van der Waals surface area contributed by atoms with E-state index >= 15 is 0 Å². The number of carbonyl (C=O) groups excluding carboxylic acids is 1. The van der Waals surface area contributed by atoms with Crippen LogP contribution in [0.3, 0.4) is 0 Å². The number of aromatic nitrogens is 7. The summed E-state index contributed by atoms with van der Waals surface area (Å²) in [6.07, 6.45) is 0.729. The molecule has 4 aromatic heterocycles. The van der Waals surface area contributed by atoms with Gasteiger partial charge in [-0.3, -0.25) is 14.0 Å². The van der Waals surface area contributed by atoms with Gasteiger partial charge in [0.1, 0.15) is 12.9 Å². The molecule has 0 fully saturated rings. The number of aryl methyl sites for hydroxylation is 1. The number of carbonyl (C=O) groups is 1. The molecular weight excluding hydrogens is 460 g/mol. The van der Waals surface area contributed by atoms with Gasteiger partial charge < -0.3 is 9.73 Å². The van der Waals surface area contributed by atoms with Gasteiger partial charge in [0.25, 0.3) is 0 Å². The first-order valence-electron chi connectivity index (χ1n) is 9.83. The number of pyridine rings is 1. The maximum absolute atomic E-state index is 14.7. The summed E-state index contributed by atoms with van der Waals surface area (Å²) in [5, 5.41) is 13.3. The fourth-order valence-corrected chi connectivity index (χ4v) is 3.15. The van der Waals surface area contributed by atoms with E-state index in [-0.39, 0.29) is 17.2 Å². The first-order valence-corrected chi connectivity index (χ1v) is 9.83. The number of amides is 1. The van der Waals surface area contributed by atoms with Crippen molar-refractivity contribution in [1.82, 2.24) is 34.5 Å². The Morgan fingerprint density at radius 1 is 1.18 bits per heavy atom. The molecule has 0 unspecified atom stereocenters. The predicted molar refractivity (Wildman–Crippen MR) is 108 cm³/mol. The van der Waals surface area contributed by atoms with Crippen LogP contribution in [0.1, 0.15) is 36.8 Å². The van der Waals surface area contributed by atoms with Crippen LogP contribution in [0.15, 0.2) is 41.7 Å². The minimum Gasteiger partial charge on any atom is -0.427 e. The molecule has 14 heteroatoms. The number of nitrogens with one attached hydrogen (secondary N) is 1. The molecule has 4 aromatic rings. The summed E-state index contributed by atoms with van der Waals surface area (Å²) in [5.41, 5.74) is -1.12. The SMILES string of the molecule is Cc1cc(C(F)(F)F)nn1CC(=O)Nc1cnc(-n2cnc(C(C)(C)c3nnco3)c2)c(F)c1. The lowest BCUT2D eigenvalue weighted by Crippen LogP contribution is -2.21. The smallest absolute Gasteiger partial charge is 0.427 e. The van der Waals surface area contributed by atoms with Gasteiger partial charge in [0, 0.05) is 18.0 Å². The Bertz CT molecular complexity index is 1320. The maximum atomic E-state index is 14.7. The Labute approximate surface area is 189 Å². The molecule has 0 radical (unpaired) electrons. The lowest BCUT2D eigenvalue weighted by Gasteiger charge is -2.16. The van der Waals surface area contributed by atoms with Crippen molar-refractivity contribution in [3.63, 3.8) is 0 Å². The van der Waals surface area contributed by atoms with Crippen LogP contribution in [0.25, 0.3) is 5.82 Å². The van der Waals surface area contributed by atoms with E-state index in [0.29, 0.717) is 11.6 Å². The molecule has 178 valence electrons. The third kappa shape index (κ3) is 4.51. The van der Waals surface area contributed by atoms with E-state index in [1.807, 2.05) is 13.8 Å². The van der Waals surface area contributed by atoms with Crippen LogP contribution in [-0.2, 0) is 22.9 Å². The normalized spacial score (nSPS) is 12.2. The number of hydrogen-bond acceptors (Lipinski definition) is 7. The molecule has 0 saturated carbocycles. The lowest BCUT2D eigenvalue weighted by molar-refractivity contribution is -0.141. The molecule has 34 heavy (non-hydrogen) atoms. The summed E-state index contributed by atoms with van der Waals surface area (Å²) in [6, 6.07) is 1.88. The van der Waals surface area contributed by atoms with E-state index in [4.69, 9.17) is 4.42 Å². The van der Waals surface area contributed by atoms with Gasteiger partial charge in [-0.25, -0.2) is 14.4 Å². The van der Waals surface area contributed by atoms with Gasteiger partial charge >= 0.3 is 6.18 Å². The standard InChI is InChI=1S/C20H18F4N8O2/c1-11-4-14(20(22,23)24)30-32(11)8-16(33)28-12-5-13(21)17(25-6-12)31-7-15(26-9-31)19(2,3)18-29-27-10-34-18/h4-7,9-10H,8H2,1-3H3,(H,28,33). The van der Waals surface area contributed by atoms with Crippen LogP contribution in [0.4, 0.5) is 23.2 Å². The molecule has 4 rings (SSSR count). The minimum atomic E-state index is -4.62. The second-order valence-electron chi connectivity index (χ2n) is 7.94. The lowest BCUT2D eigenvalue weighted by atomic mass is 9.90. The average molecular weight is 478 g/mol. The van der Waals surface area contributed by atoms with Gasteiger partial charge in [0.15, 0.2) is 17.3 Å². The Morgan fingerprint density at radius 3 is 2.56 bits per heavy atom. The molecule has 0 aliphatic carbocycles. The molecule has 1 amide bonds. The highest BCUT2D eigenvalue weighted by atomic mass is 19.4. The van der Waals surface area contributed by atoms with Gasteiger partial charge in [0.05, 0.1) is 23.0 Å². The van der Waals surface area contributed by atoms with Crippen LogP contribution in [0.2, 0.25) is 0 Å². The van der Waals surface area contributed by atoms with Crippen molar-refractivity contribution in [2.75, 3.05) is 5.32 Å². The average Bonchev–Trinajstić information content (AvgIpc) is 3.49. The first kappa shape index (κ1) is 23.1. The molecule has 0 bridgehead atoms. The molecule has 0 aliphatic heterocycles. The van der Waals surface area contributed by atoms with Gasteiger partial charge in [-0.2, -0.15) is 18.3 Å². The monoisotopic (exact) mass is 478 g/mol. The number of rotatable bonds is 6. The summed E-state index contributed by atoms with van der Waals surface area (Å²) < 4.78 is 60.6. The minimum absolute atomic E-state index is 0.0265. The van der Waals surface area contributed by atoms with Gasteiger partial charge in [0.2, 0.25) is 18.2 Å². The Hall–Kier alpha value is -4.10. The van der Waals surface area contributed by atoms with Crippen LogP contribution in [0.5, 0.6) is 0 Å². The fraction of sp³-hybridized carbons (Fsp3) is 0.300. The number of halogens is 4. The topological polar surface area (TPSA) is 117 Å². The second-order valence-corrected chi connectivity index (χ2v) is 7.94. The van der Waals surface area contributed by atoms with Crippen LogP contribution >= 0.6 is 0 Å². The van der Waals surface area contributed by atoms with Crippen LogP contribution in [-0.4, -0.2) is 40.4 Å². The molecule has 1 N–H and O–H groups in total. The van der Waals surface area contributed by atoms with E-state index in [1.54, 1.807) is 6.20 Å². The van der Waals surface area contributed by atoms with Crippen molar-refractivity contribution in [3.05, 3.63) is 66.0 Å². The Balaban J connectivity index is 1.47. The molecule has 0 atom stereocenters. The highest BCUT2D eigenvalue weighted by molar-refractivity contribution is 5.90. The third-order valence-corrected chi connectivity index (χ3v) is 5.03. The molecule has 0 aliphatic rings. The Morgan fingerprint density at radius 2 is 1.94 bits per heavy atom. The van der Waals surface area contributed by atoms with Crippen molar-refractivity contribution in [2.45, 2.75) is 38.9 Å². The predicted octanol–water partition coefficient (Wildman–Crippen LogP) is 3.28. The van der Waals surface area contributed by atoms with Crippen LogP contribution < -0.4 is 5.32 Å². The summed E-state index contributed by atoms with van der Waals surface area (Å²) in [6.45, 7) is 4.54.